The molecular formula is C20H39N. The second-order valence-electron chi connectivity index (χ2n) is 8.41. The van der Waals surface area contributed by atoms with E-state index in [9.17, 15) is 0 Å². The molecule has 1 rings (SSSR count). The number of allylic oxidation sites excluding steroid dienone is 1. The zero-order valence-electron chi connectivity index (χ0n) is 15.1. The molecule has 0 bridgehead atoms. The number of hydrogen-bond donors (Lipinski definition) is 1. The molecule has 0 radical (unpaired) electrons. The highest BCUT2D eigenvalue weighted by atomic mass is 14.9. The molecule has 2 unspecified atom stereocenters. The van der Waals surface area contributed by atoms with E-state index in [-0.39, 0.29) is 0 Å². The van der Waals surface area contributed by atoms with Crippen molar-refractivity contribution in [2.75, 3.05) is 13.1 Å². The van der Waals surface area contributed by atoms with Gasteiger partial charge in [-0.05, 0) is 68.4 Å². The number of unbranched alkanes of at least 4 members (excludes halogenated alkanes) is 3. The minimum Gasteiger partial charge on any atom is -0.316 e. The summed E-state index contributed by atoms with van der Waals surface area (Å²) in [6.45, 7) is 15.8. The molecule has 0 spiro atoms. The lowest BCUT2D eigenvalue weighted by molar-refractivity contribution is 0.107. The maximum Gasteiger partial charge on any atom is -0.00177 e. The molecule has 1 heteroatoms. The quantitative estimate of drug-likeness (QED) is 0.396. The maximum absolute atomic E-state index is 3.82. The molecule has 0 aromatic carbocycles. The molecular weight excluding hydrogens is 254 g/mol. The smallest absolute Gasteiger partial charge is 0.00177 e. The number of hydrogen-bond acceptors (Lipinski definition) is 1. The number of nitrogens with one attached hydrogen (secondary N) is 1. The van der Waals surface area contributed by atoms with Gasteiger partial charge >= 0.3 is 0 Å². The van der Waals surface area contributed by atoms with Crippen molar-refractivity contribution in [1.29, 1.82) is 0 Å². The molecule has 1 N–H and O–H groups in total. The second-order valence-corrected chi connectivity index (χ2v) is 8.41. The summed E-state index contributed by atoms with van der Waals surface area (Å²) >= 11 is 0. The lowest BCUT2D eigenvalue weighted by Crippen LogP contribution is -2.37. The van der Waals surface area contributed by atoms with Crippen LogP contribution < -0.4 is 5.32 Å². The van der Waals surface area contributed by atoms with Crippen molar-refractivity contribution in [3.8, 4) is 0 Å². The highest BCUT2D eigenvalue weighted by Gasteiger charge is 2.34. The maximum atomic E-state index is 3.82. The molecule has 0 aromatic rings. The normalized spacial score (nSPS) is 25.2. The fraction of sp³-hybridized carbons (Fsp3) is 0.900. The Kier molecular flexibility index (Phi) is 8.63. The van der Waals surface area contributed by atoms with Crippen LogP contribution in [0.25, 0.3) is 0 Å². The molecule has 21 heavy (non-hydrogen) atoms. The van der Waals surface area contributed by atoms with Crippen molar-refractivity contribution in [1.82, 2.24) is 5.32 Å². The zero-order chi connectivity index (χ0) is 15.7. The first-order valence-corrected chi connectivity index (χ1v) is 9.26. The van der Waals surface area contributed by atoms with Crippen LogP contribution in [0.15, 0.2) is 12.7 Å². The van der Waals surface area contributed by atoms with Gasteiger partial charge in [-0.2, -0.15) is 0 Å². The van der Waals surface area contributed by atoms with Crippen molar-refractivity contribution < 1.29 is 0 Å². The van der Waals surface area contributed by atoms with Crippen molar-refractivity contribution in [3.63, 3.8) is 0 Å². The third-order valence-corrected chi connectivity index (χ3v) is 5.12. The van der Waals surface area contributed by atoms with Gasteiger partial charge in [-0.25, -0.2) is 0 Å². The van der Waals surface area contributed by atoms with Crippen LogP contribution in [0.1, 0.15) is 79.1 Å². The van der Waals surface area contributed by atoms with Crippen LogP contribution in [0.5, 0.6) is 0 Å². The first-order chi connectivity index (χ1) is 9.94. The third-order valence-electron chi connectivity index (χ3n) is 5.12. The lowest BCUT2D eigenvalue weighted by atomic mass is 9.66. The van der Waals surface area contributed by atoms with E-state index in [1.807, 2.05) is 0 Å². The first kappa shape index (κ1) is 18.7. The fourth-order valence-electron chi connectivity index (χ4n) is 3.83. The number of rotatable bonds is 10. The molecule has 0 aromatic heterocycles. The van der Waals surface area contributed by atoms with Gasteiger partial charge in [0.25, 0.3) is 0 Å². The van der Waals surface area contributed by atoms with E-state index in [0.29, 0.717) is 5.41 Å². The average molecular weight is 294 g/mol. The summed E-state index contributed by atoms with van der Waals surface area (Å²) in [5.41, 5.74) is 0.570. The Morgan fingerprint density at radius 2 is 1.95 bits per heavy atom. The van der Waals surface area contributed by atoms with Crippen LogP contribution in [0.3, 0.4) is 0 Å². The van der Waals surface area contributed by atoms with Gasteiger partial charge in [-0.1, -0.05) is 53.0 Å². The molecule has 124 valence electrons. The summed E-state index contributed by atoms with van der Waals surface area (Å²) < 4.78 is 0. The van der Waals surface area contributed by atoms with E-state index in [1.54, 1.807) is 0 Å². The largest absolute Gasteiger partial charge is 0.316 e. The molecule has 0 saturated heterocycles. The van der Waals surface area contributed by atoms with Crippen LogP contribution in [0.2, 0.25) is 0 Å². The van der Waals surface area contributed by atoms with Crippen LogP contribution in [0, 0.1) is 23.2 Å². The Hall–Kier alpha value is -0.300. The van der Waals surface area contributed by atoms with Crippen LogP contribution in [-0.2, 0) is 0 Å². The van der Waals surface area contributed by atoms with E-state index in [2.05, 4.69) is 45.7 Å². The molecule has 0 amide bonds. The van der Waals surface area contributed by atoms with Gasteiger partial charge in [0.1, 0.15) is 0 Å². The van der Waals surface area contributed by atoms with Gasteiger partial charge in [0.05, 0.1) is 0 Å². The van der Waals surface area contributed by atoms with Gasteiger partial charge in [-0.15, -0.1) is 6.58 Å². The monoisotopic (exact) mass is 293 g/mol. The van der Waals surface area contributed by atoms with E-state index in [4.69, 9.17) is 0 Å². The van der Waals surface area contributed by atoms with Crippen molar-refractivity contribution in [2.24, 2.45) is 23.2 Å². The molecule has 1 aliphatic rings. The Labute approximate surface area is 134 Å². The Balaban J connectivity index is 2.36. The average Bonchev–Trinajstić information content (AvgIpc) is 2.40. The van der Waals surface area contributed by atoms with Crippen LogP contribution >= 0.6 is 0 Å². The lowest BCUT2D eigenvalue weighted by Gasteiger charge is -2.41. The summed E-state index contributed by atoms with van der Waals surface area (Å²) in [6.07, 6.45) is 13.1. The molecule has 1 fully saturated rings. The van der Waals surface area contributed by atoms with Crippen LogP contribution in [0.4, 0.5) is 0 Å². The molecule has 0 aliphatic heterocycles. The van der Waals surface area contributed by atoms with Crippen molar-refractivity contribution in [2.45, 2.75) is 79.1 Å². The minimum absolute atomic E-state index is 0.570. The molecule has 1 saturated carbocycles. The summed E-state index contributed by atoms with van der Waals surface area (Å²) in [5.74, 6) is 2.62. The Morgan fingerprint density at radius 1 is 1.19 bits per heavy atom. The van der Waals surface area contributed by atoms with Crippen molar-refractivity contribution in [3.05, 3.63) is 12.7 Å². The summed E-state index contributed by atoms with van der Waals surface area (Å²) in [4.78, 5) is 0. The highest BCUT2D eigenvalue weighted by molar-refractivity contribution is 4.86. The molecule has 1 nitrogen and oxygen atoms in total. The zero-order valence-corrected chi connectivity index (χ0v) is 15.1. The van der Waals surface area contributed by atoms with Gasteiger partial charge in [0.2, 0.25) is 0 Å². The fourth-order valence-corrected chi connectivity index (χ4v) is 3.83. The van der Waals surface area contributed by atoms with E-state index in [0.717, 1.165) is 17.8 Å². The molecule has 1 aliphatic carbocycles. The van der Waals surface area contributed by atoms with E-state index < -0.39 is 0 Å². The third kappa shape index (κ3) is 8.04. The topological polar surface area (TPSA) is 12.0 Å². The van der Waals surface area contributed by atoms with Gasteiger partial charge in [0.15, 0.2) is 0 Å². The predicted molar refractivity (Wildman–Crippen MR) is 95.6 cm³/mol. The minimum atomic E-state index is 0.570. The summed E-state index contributed by atoms with van der Waals surface area (Å²) in [7, 11) is 0. The Bertz CT molecular complexity index is 280. The standard InChI is InChI=1S/C20H39N/c1-6-7-8-9-10-11-18-14-20(4,5)13-12-19(18)16-21-15-17(2)3/h6,17-19,21H,1,7-16H2,2-5H3. The van der Waals surface area contributed by atoms with Gasteiger partial charge in [-0.3, -0.25) is 0 Å². The van der Waals surface area contributed by atoms with E-state index >= 15 is 0 Å². The van der Waals surface area contributed by atoms with Gasteiger partial charge in [0, 0.05) is 0 Å². The highest BCUT2D eigenvalue weighted by Crippen LogP contribution is 2.43. The van der Waals surface area contributed by atoms with E-state index in [1.165, 1.54) is 64.5 Å². The molecule has 2 atom stereocenters. The Morgan fingerprint density at radius 3 is 2.62 bits per heavy atom. The summed E-state index contributed by atoms with van der Waals surface area (Å²) in [5, 5.41) is 3.71. The predicted octanol–water partition coefficient (Wildman–Crippen LogP) is 5.81. The second kappa shape index (κ2) is 9.66. The van der Waals surface area contributed by atoms with Crippen LogP contribution in [-0.4, -0.2) is 13.1 Å². The SMILES string of the molecule is C=CCCCCCC1CC(C)(C)CCC1CNCC(C)C. The molecule has 0 heterocycles. The summed E-state index contributed by atoms with van der Waals surface area (Å²) in [6, 6.07) is 0. The van der Waals surface area contributed by atoms with Crippen molar-refractivity contribution >= 4 is 0 Å². The first-order valence-electron chi connectivity index (χ1n) is 9.26. The van der Waals surface area contributed by atoms with Gasteiger partial charge < -0.3 is 5.32 Å².